The molecule has 0 bridgehead atoms. The molecular formula is C31H57N2O7P. The third-order valence-electron chi connectivity index (χ3n) is 6.17. The van der Waals surface area contributed by atoms with Crippen LogP contribution in [0.25, 0.3) is 0 Å². The highest BCUT2D eigenvalue weighted by molar-refractivity contribution is 7.47. The molecule has 0 aromatic heterocycles. The molecule has 0 aliphatic heterocycles. The van der Waals surface area contributed by atoms with E-state index in [0.29, 0.717) is 12.8 Å². The standard InChI is InChI=1S/C31H57N2O7P/c1-3-5-7-9-11-13-15-17-19-21-23-30(35)29(27-40-41(37,38)39-25-24-32)33-31(36)26-28(34)22-20-18-16-14-12-10-8-6-4-2/h5,7,10,12-13,15,21,23,28-30,34-35H,3-4,6,8-9,11,14,16-20,22,24-27,32H2,1-2H3,(H,33,36)(H,37,38)/b7-5+,12-10-,15-13+,23-21+. The van der Waals surface area contributed by atoms with Crippen molar-refractivity contribution >= 4 is 13.7 Å². The average molecular weight is 601 g/mol. The summed E-state index contributed by atoms with van der Waals surface area (Å²) in [6, 6.07) is -1.01. The maximum absolute atomic E-state index is 12.6. The molecule has 0 radical (unpaired) electrons. The Morgan fingerprint density at radius 1 is 0.854 bits per heavy atom. The fourth-order valence-electron chi connectivity index (χ4n) is 3.84. The third kappa shape index (κ3) is 25.8. The average Bonchev–Trinajstić information content (AvgIpc) is 2.94. The number of aliphatic hydroxyl groups excluding tert-OH is 2. The summed E-state index contributed by atoms with van der Waals surface area (Å²) in [5.74, 6) is -0.479. The van der Waals surface area contributed by atoms with E-state index in [-0.39, 0.29) is 19.6 Å². The molecule has 9 nitrogen and oxygen atoms in total. The van der Waals surface area contributed by atoms with Crippen molar-refractivity contribution in [2.45, 2.75) is 122 Å². The predicted molar refractivity (Wildman–Crippen MR) is 167 cm³/mol. The summed E-state index contributed by atoms with van der Waals surface area (Å²) in [5.41, 5.74) is 5.31. The van der Waals surface area contributed by atoms with Gasteiger partial charge in [0, 0.05) is 6.54 Å². The second kappa shape index (κ2) is 27.3. The monoisotopic (exact) mass is 600 g/mol. The lowest BCUT2D eigenvalue weighted by Gasteiger charge is -2.24. The second-order valence-electron chi connectivity index (χ2n) is 10.1. The predicted octanol–water partition coefficient (Wildman–Crippen LogP) is 6.01. The van der Waals surface area contributed by atoms with Gasteiger partial charge in [-0.2, -0.15) is 0 Å². The number of phosphoric acid groups is 1. The molecule has 0 aromatic rings. The van der Waals surface area contributed by atoms with Gasteiger partial charge < -0.3 is 26.2 Å². The number of aliphatic hydroxyl groups is 2. The molecule has 0 rings (SSSR count). The Bertz CT molecular complexity index is 801. The maximum atomic E-state index is 12.6. The van der Waals surface area contributed by atoms with Gasteiger partial charge in [0.05, 0.1) is 37.9 Å². The third-order valence-corrected chi connectivity index (χ3v) is 7.15. The first-order valence-corrected chi connectivity index (χ1v) is 16.8. The molecule has 0 spiro atoms. The Balaban J connectivity index is 4.71. The van der Waals surface area contributed by atoms with Crippen LogP contribution in [0.15, 0.2) is 48.6 Å². The molecule has 4 unspecified atom stereocenters. The number of allylic oxidation sites excluding steroid dienone is 7. The van der Waals surface area contributed by atoms with Crippen molar-refractivity contribution in [1.29, 1.82) is 0 Å². The summed E-state index contributed by atoms with van der Waals surface area (Å²) in [6.45, 7) is 3.69. The molecule has 238 valence electrons. The van der Waals surface area contributed by atoms with E-state index < -0.39 is 38.6 Å². The molecule has 4 atom stereocenters. The largest absolute Gasteiger partial charge is 0.472 e. The molecule has 0 heterocycles. The van der Waals surface area contributed by atoms with Crippen LogP contribution in [-0.4, -0.2) is 59.0 Å². The SMILES string of the molecule is CC/C=C/CC/C=C/CC/C=C/C(O)C(COP(=O)(O)OCCN)NC(=O)CC(O)CCCCC/C=C\CCCC. The fourth-order valence-corrected chi connectivity index (χ4v) is 4.60. The fraction of sp³-hybridized carbons (Fsp3) is 0.710. The van der Waals surface area contributed by atoms with Crippen LogP contribution in [0.5, 0.6) is 0 Å². The zero-order chi connectivity index (χ0) is 30.6. The number of unbranched alkanes of at least 4 members (excludes halogenated alkanes) is 7. The van der Waals surface area contributed by atoms with Crippen molar-refractivity contribution in [3.8, 4) is 0 Å². The number of nitrogens with two attached hydrogens (primary N) is 1. The molecule has 10 heteroatoms. The quantitative estimate of drug-likeness (QED) is 0.0437. The molecule has 0 saturated carbocycles. The van der Waals surface area contributed by atoms with Gasteiger partial charge >= 0.3 is 7.82 Å². The van der Waals surface area contributed by atoms with Gasteiger partial charge in [0.1, 0.15) is 0 Å². The lowest BCUT2D eigenvalue weighted by molar-refractivity contribution is -0.124. The number of hydrogen-bond donors (Lipinski definition) is 5. The first kappa shape index (κ1) is 39.4. The number of carbonyl (C=O) groups excluding carboxylic acids is 1. The highest BCUT2D eigenvalue weighted by Gasteiger charge is 2.27. The van der Waals surface area contributed by atoms with E-state index in [1.54, 1.807) is 6.08 Å². The lowest BCUT2D eigenvalue weighted by atomic mass is 10.1. The molecule has 6 N–H and O–H groups in total. The number of hydrogen-bond acceptors (Lipinski definition) is 7. The molecule has 0 fully saturated rings. The summed E-state index contributed by atoms with van der Waals surface area (Å²) in [4.78, 5) is 22.4. The number of rotatable bonds is 27. The normalized spacial score (nSPS) is 16.1. The van der Waals surface area contributed by atoms with Gasteiger partial charge in [0.25, 0.3) is 0 Å². The van der Waals surface area contributed by atoms with Gasteiger partial charge in [0.2, 0.25) is 5.91 Å². The molecule has 41 heavy (non-hydrogen) atoms. The number of phosphoric ester groups is 1. The van der Waals surface area contributed by atoms with E-state index in [4.69, 9.17) is 14.8 Å². The topological polar surface area (TPSA) is 151 Å². The van der Waals surface area contributed by atoms with Crippen LogP contribution in [-0.2, 0) is 18.4 Å². The molecule has 0 aliphatic carbocycles. The van der Waals surface area contributed by atoms with Gasteiger partial charge in [-0.25, -0.2) is 4.57 Å². The molecule has 0 aromatic carbocycles. The van der Waals surface area contributed by atoms with Crippen molar-refractivity contribution in [3.05, 3.63) is 48.6 Å². The van der Waals surface area contributed by atoms with Crippen LogP contribution in [0.2, 0.25) is 0 Å². The van der Waals surface area contributed by atoms with Crippen LogP contribution >= 0.6 is 7.82 Å². The van der Waals surface area contributed by atoms with Crippen molar-refractivity contribution in [1.82, 2.24) is 5.32 Å². The Morgan fingerprint density at radius 2 is 1.46 bits per heavy atom. The second-order valence-corrected chi connectivity index (χ2v) is 11.5. The zero-order valence-corrected chi connectivity index (χ0v) is 26.3. The summed E-state index contributed by atoms with van der Waals surface area (Å²) in [7, 11) is -4.40. The van der Waals surface area contributed by atoms with Crippen molar-refractivity contribution in [3.63, 3.8) is 0 Å². The van der Waals surface area contributed by atoms with Crippen LogP contribution in [0.1, 0.15) is 104 Å². The van der Waals surface area contributed by atoms with Gasteiger partial charge in [0.15, 0.2) is 0 Å². The Hall–Kier alpha value is -1.58. The van der Waals surface area contributed by atoms with E-state index in [0.717, 1.165) is 57.8 Å². The van der Waals surface area contributed by atoms with Gasteiger partial charge in [-0.05, 0) is 57.8 Å². The molecule has 0 aliphatic rings. The Kier molecular flexibility index (Phi) is 26.2. The summed E-state index contributed by atoms with van der Waals surface area (Å²) >= 11 is 0. The number of carbonyl (C=O) groups is 1. The van der Waals surface area contributed by atoms with Crippen molar-refractivity contribution in [2.75, 3.05) is 19.8 Å². The minimum absolute atomic E-state index is 0.0386. The van der Waals surface area contributed by atoms with Crippen LogP contribution in [0.3, 0.4) is 0 Å². The molecule has 1 amide bonds. The Labute approximate surface area is 248 Å². The Morgan fingerprint density at radius 3 is 2.10 bits per heavy atom. The van der Waals surface area contributed by atoms with Gasteiger partial charge in [-0.15, -0.1) is 0 Å². The molecular weight excluding hydrogens is 543 g/mol. The minimum Gasteiger partial charge on any atom is -0.393 e. The van der Waals surface area contributed by atoms with E-state index in [9.17, 15) is 24.5 Å². The van der Waals surface area contributed by atoms with Crippen LogP contribution in [0.4, 0.5) is 0 Å². The number of nitrogens with one attached hydrogen (secondary N) is 1. The maximum Gasteiger partial charge on any atom is 0.472 e. The lowest BCUT2D eigenvalue weighted by Crippen LogP contribution is -2.46. The van der Waals surface area contributed by atoms with Crippen molar-refractivity contribution in [2.24, 2.45) is 5.73 Å². The number of amides is 1. The summed E-state index contributed by atoms with van der Waals surface area (Å²) in [5, 5.41) is 23.6. The van der Waals surface area contributed by atoms with Gasteiger partial charge in [-0.1, -0.05) is 88.1 Å². The van der Waals surface area contributed by atoms with Crippen LogP contribution in [0, 0.1) is 0 Å². The van der Waals surface area contributed by atoms with E-state index in [1.165, 1.54) is 18.9 Å². The van der Waals surface area contributed by atoms with Gasteiger partial charge in [-0.3, -0.25) is 13.8 Å². The van der Waals surface area contributed by atoms with Crippen LogP contribution < -0.4 is 11.1 Å². The highest BCUT2D eigenvalue weighted by Crippen LogP contribution is 2.43. The van der Waals surface area contributed by atoms with Crippen molar-refractivity contribution < 1.29 is 33.5 Å². The van der Waals surface area contributed by atoms with E-state index in [1.807, 2.05) is 0 Å². The summed E-state index contributed by atoms with van der Waals surface area (Å²) in [6.07, 6.45) is 26.5. The molecule has 0 saturated heterocycles. The first-order valence-electron chi connectivity index (χ1n) is 15.3. The van der Waals surface area contributed by atoms with E-state index >= 15 is 0 Å². The summed E-state index contributed by atoms with van der Waals surface area (Å²) < 4.78 is 21.8. The first-order chi connectivity index (χ1) is 19.8. The zero-order valence-electron chi connectivity index (χ0n) is 25.4. The smallest absolute Gasteiger partial charge is 0.393 e. The highest BCUT2D eigenvalue weighted by atomic mass is 31.2. The van der Waals surface area contributed by atoms with E-state index in [2.05, 4.69) is 55.6 Å². The minimum atomic E-state index is -4.40.